The largest absolute Gasteiger partial charge is 0.487 e. The first-order chi connectivity index (χ1) is 7.79. The summed E-state index contributed by atoms with van der Waals surface area (Å²) in [5.41, 5.74) is 1.92. The van der Waals surface area contributed by atoms with Crippen LogP contribution in [0.25, 0.3) is 0 Å². The summed E-state index contributed by atoms with van der Waals surface area (Å²) >= 11 is 0. The van der Waals surface area contributed by atoms with E-state index in [4.69, 9.17) is 10.00 Å². The minimum Gasteiger partial charge on any atom is -0.487 e. The molecule has 0 aliphatic heterocycles. The zero-order valence-electron chi connectivity index (χ0n) is 8.67. The Morgan fingerprint density at radius 1 is 1.44 bits per heavy atom. The van der Waals surface area contributed by atoms with Crippen molar-refractivity contribution < 1.29 is 9.37 Å². The minimum absolute atomic E-state index is 0.282. The van der Waals surface area contributed by atoms with Crippen molar-refractivity contribution in [2.75, 3.05) is 0 Å². The molecular formula is C11H9N3O2. The highest BCUT2D eigenvalue weighted by atomic mass is 16.6. The van der Waals surface area contributed by atoms with E-state index in [1.165, 1.54) is 0 Å². The van der Waals surface area contributed by atoms with Crippen molar-refractivity contribution in [3.8, 4) is 11.8 Å². The van der Waals surface area contributed by atoms with E-state index < -0.39 is 0 Å². The number of aromatic nitrogens is 2. The van der Waals surface area contributed by atoms with Crippen LogP contribution in [0, 0.1) is 18.3 Å². The van der Waals surface area contributed by atoms with E-state index in [0.29, 0.717) is 22.7 Å². The molecule has 0 atom stereocenters. The van der Waals surface area contributed by atoms with E-state index in [0.717, 1.165) is 0 Å². The Morgan fingerprint density at radius 3 is 3.00 bits per heavy atom. The van der Waals surface area contributed by atoms with Crippen LogP contribution in [0.15, 0.2) is 28.9 Å². The number of rotatable bonds is 3. The summed E-state index contributed by atoms with van der Waals surface area (Å²) in [7, 11) is 0. The first kappa shape index (κ1) is 10.2. The number of ether oxygens (including phenoxy) is 1. The number of aryl methyl sites for hydroxylation is 1. The molecule has 0 saturated heterocycles. The molecule has 1 aromatic heterocycles. The fraction of sp³-hybridized carbons (Fsp3) is 0.182. The molecule has 80 valence electrons. The first-order valence-corrected chi connectivity index (χ1v) is 4.70. The van der Waals surface area contributed by atoms with Crippen LogP contribution in [0.1, 0.15) is 17.0 Å². The first-order valence-electron chi connectivity index (χ1n) is 4.70. The van der Waals surface area contributed by atoms with Gasteiger partial charge < -0.3 is 4.74 Å². The summed E-state index contributed by atoms with van der Waals surface area (Å²) in [6, 6.07) is 8.98. The number of benzene rings is 1. The van der Waals surface area contributed by atoms with Gasteiger partial charge in [-0.15, -0.1) is 0 Å². The van der Waals surface area contributed by atoms with Crippen molar-refractivity contribution >= 4 is 0 Å². The molecule has 0 unspecified atom stereocenters. The number of hydrogen-bond donors (Lipinski definition) is 0. The molecule has 16 heavy (non-hydrogen) atoms. The molecule has 0 radical (unpaired) electrons. The standard InChI is InChI=1S/C11H9N3O2/c1-8-11(14-16-13-8)7-15-10-4-2-3-9(5-10)6-12/h2-5H,7H2,1H3. The Kier molecular flexibility index (Phi) is 2.83. The quantitative estimate of drug-likeness (QED) is 0.780. The summed E-state index contributed by atoms with van der Waals surface area (Å²) in [5, 5.41) is 16.1. The highest BCUT2D eigenvalue weighted by Crippen LogP contribution is 2.14. The Morgan fingerprint density at radius 2 is 2.31 bits per heavy atom. The van der Waals surface area contributed by atoms with Crippen molar-refractivity contribution in [1.29, 1.82) is 5.26 Å². The fourth-order valence-electron chi connectivity index (χ4n) is 1.19. The smallest absolute Gasteiger partial charge is 0.145 e. The summed E-state index contributed by atoms with van der Waals surface area (Å²) in [5.74, 6) is 0.626. The predicted molar refractivity (Wildman–Crippen MR) is 54.5 cm³/mol. The molecular weight excluding hydrogens is 206 g/mol. The van der Waals surface area contributed by atoms with Gasteiger partial charge in [0.05, 0.1) is 11.6 Å². The summed E-state index contributed by atoms with van der Waals surface area (Å²) in [6.45, 7) is 2.07. The second kappa shape index (κ2) is 4.45. The molecule has 0 N–H and O–H groups in total. The van der Waals surface area contributed by atoms with E-state index in [1.807, 2.05) is 6.07 Å². The van der Waals surface area contributed by atoms with Crippen LogP contribution >= 0.6 is 0 Å². The van der Waals surface area contributed by atoms with Gasteiger partial charge in [0.1, 0.15) is 23.7 Å². The van der Waals surface area contributed by atoms with E-state index in [2.05, 4.69) is 14.9 Å². The molecule has 2 rings (SSSR count). The minimum atomic E-state index is 0.282. The molecule has 1 heterocycles. The number of nitriles is 1. The van der Waals surface area contributed by atoms with Crippen LogP contribution in [0.5, 0.6) is 5.75 Å². The van der Waals surface area contributed by atoms with Crippen molar-refractivity contribution in [2.24, 2.45) is 0 Å². The number of nitrogens with zero attached hydrogens (tertiary/aromatic N) is 3. The molecule has 0 bridgehead atoms. The monoisotopic (exact) mass is 215 g/mol. The van der Waals surface area contributed by atoms with Crippen LogP contribution in [-0.2, 0) is 6.61 Å². The zero-order chi connectivity index (χ0) is 11.4. The molecule has 0 saturated carbocycles. The van der Waals surface area contributed by atoms with Crippen LogP contribution in [0.4, 0.5) is 0 Å². The van der Waals surface area contributed by atoms with Crippen molar-refractivity contribution in [2.45, 2.75) is 13.5 Å². The molecule has 1 aromatic carbocycles. The van der Waals surface area contributed by atoms with Gasteiger partial charge in [0.2, 0.25) is 0 Å². The molecule has 0 amide bonds. The summed E-state index contributed by atoms with van der Waals surface area (Å²) < 4.78 is 10.0. The van der Waals surface area contributed by atoms with Gasteiger partial charge >= 0.3 is 0 Å². The average molecular weight is 215 g/mol. The lowest BCUT2D eigenvalue weighted by Gasteiger charge is -2.03. The van der Waals surface area contributed by atoms with E-state index in [-0.39, 0.29) is 6.61 Å². The second-order valence-electron chi connectivity index (χ2n) is 3.22. The van der Waals surface area contributed by atoms with Gasteiger partial charge in [-0.3, -0.25) is 0 Å². The molecule has 5 heteroatoms. The van der Waals surface area contributed by atoms with Crippen molar-refractivity contribution in [3.05, 3.63) is 41.2 Å². The maximum atomic E-state index is 8.72. The molecule has 0 aliphatic carbocycles. The third kappa shape index (κ3) is 2.17. The van der Waals surface area contributed by atoms with E-state index >= 15 is 0 Å². The summed E-state index contributed by atoms with van der Waals surface area (Å²) in [4.78, 5) is 0. The predicted octanol–water partition coefficient (Wildman–Crippen LogP) is 1.83. The maximum absolute atomic E-state index is 8.72. The van der Waals surface area contributed by atoms with Gasteiger partial charge in [0, 0.05) is 0 Å². The van der Waals surface area contributed by atoms with Gasteiger partial charge in [0.25, 0.3) is 0 Å². The van der Waals surface area contributed by atoms with Gasteiger partial charge in [-0.05, 0) is 25.1 Å². The average Bonchev–Trinajstić information content (AvgIpc) is 2.72. The normalized spacial score (nSPS) is 9.75. The van der Waals surface area contributed by atoms with Crippen LogP contribution in [0.2, 0.25) is 0 Å². The number of hydrogen-bond acceptors (Lipinski definition) is 5. The molecule has 0 spiro atoms. The Labute approximate surface area is 92.2 Å². The molecule has 0 fully saturated rings. The van der Waals surface area contributed by atoms with Crippen molar-refractivity contribution in [1.82, 2.24) is 10.3 Å². The highest BCUT2D eigenvalue weighted by molar-refractivity contribution is 5.36. The van der Waals surface area contributed by atoms with Gasteiger partial charge in [0.15, 0.2) is 0 Å². The lowest BCUT2D eigenvalue weighted by molar-refractivity contribution is 0.270. The Hall–Kier alpha value is -2.35. The maximum Gasteiger partial charge on any atom is 0.145 e. The van der Waals surface area contributed by atoms with Crippen molar-refractivity contribution in [3.63, 3.8) is 0 Å². The molecule has 2 aromatic rings. The van der Waals surface area contributed by atoms with E-state index in [1.54, 1.807) is 31.2 Å². The Balaban J connectivity index is 2.05. The second-order valence-corrected chi connectivity index (χ2v) is 3.22. The lowest BCUT2D eigenvalue weighted by atomic mass is 10.2. The molecule has 0 aliphatic rings. The van der Waals surface area contributed by atoms with Gasteiger partial charge in [-0.1, -0.05) is 16.4 Å². The molecule has 5 nitrogen and oxygen atoms in total. The Bertz CT molecular complexity index is 528. The van der Waals surface area contributed by atoms with Gasteiger partial charge in [-0.2, -0.15) is 5.26 Å². The van der Waals surface area contributed by atoms with Crippen LogP contribution in [-0.4, -0.2) is 10.3 Å². The summed E-state index contributed by atoms with van der Waals surface area (Å²) in [6.07, 6.45) is 0. The van der Waals surface area contributed by atoms with E-state index in [9.17, 15) is 0 Å². The zero-order valence-corrected chi connectivity index (χ0v) is 8.67. The highest BCUT2D eigenvalue weighted by Gasteiger charge is 2.05. The fourth-order valence-corrected chi connectivity index (χ4v) is 1.19. The topological polar surface area (TPSA) is 71.9 Å². The van der Waals surface area contributed by atoms with Crippen LogP contribution < -0.4 is 4.74 Å². The van der Waals surface area contributed by atoms with Gasteiger partial charge in [-0.25, -0.2) is 4.63 Å². The SMILES string of the molecule is Cc1nonc1COc1cccc(C#N)c1. The lowest BCUT2D eigenvalue weighted by Crippen LogP contribution is -1.97. The third-order valence-electron chi connectivity index (χ3n) is 2.09. The third-order valence-corrected chi connectivity index (χ3v) is 2.09. The van der Waals surface area contributed by atoms with Crippen LogP contribution in [0.3, 0.4) is 0 Å².